The van der Waals surface area contributed by atoms with E-state index in [-0.39, 0.29) is 6.04 Å². The summed E-state index contributed by atoms with van der Waals surface area (Å²) in [5, 5.41) is 6.41. The van der Waals surface area contributed by atoms with Crippen molar-refractivity contribution in [3.8, 4) is 12.3 Å². The summed E-state index contributed by atoms with van der Waals surface area (Å²) < 4.78 is 5.62. The van der Waals surface area contributed by atoms with Gasteiger partial charge in [0.25, 0.3) is 0 Å². The Morgan fingerprint density at radius 3 is 2.86 bits per heavy atom. The lowest BCUT2D eigenvalue weighted by Crippen LogP contribution is -2.44. The van der Waals surface area contributed by atoms with Gasteiger partial charge in [-0.25, -0.2) is 0 Å². The highest BCUT2D eigenvalue weighted by Crippen LogP contribution is 2.24. The zero-order chi connectivity index (χ0) is 14.9. The topological polar surface area (TPSA) is 52.8 Å². The van der Waals surface area contributed by atoms with Crippen LogP contribution in [0.3, 0.4) is 0 Å². The molecule has 0 saturated carbocycles. The molecule has 2 heterocycles. The van der Waals surface area contributed by atoms with Crippen molar-refractivity contribution in [2.45, 2.75) is 25.3 Å². The standard InChI is InChI=1S/C16H24N4O/c1-3-9-18-16(17-2)19-13-14(15-8-7-12-21-15)20-10-5-4-6-11-20/h1,7-8,12,14H,4-6,9-11,13H2,2H3,(H2,17,18,19). The third-order valence-electron chi connectivity index (χ3n) is 3.75. The molecule has 1 fully saturated rings. The van der Waals surface area contributed by atoms with Gasteiger partial charge in [-0.1, -0.05) is 12.3 Å². The predicted octanol–water partition coefficient (Wildman–Crippen LogP) is 1.60. The number of piperidine rings is 1. The summed E-state index contributed by atoms with van der Waals surface area (Å²) in [5.74, 6) is 4.27. The van der Waals surface area contributed by atoms with Gasteiger partial charge in [0.2, 0.25) is 0 Å². The maximum absolute atomic E-state index is 5.62. The first-order valence-corrected chi connectivity index (χ1v) is 7.50. The van der Waals surface area contributed by atoms with Crippen LogP contribution in [0.2, 0.25) is 0 Å². The van der Waals surface area contributed by atoms with E-state index in [4.69, 9.17) is 10.8 Å². The Morgan fingerprint density at radius 2 is 2.24 bits per heavy atom. The van der Waals surface area contributed by atoms with Gasteiger partial charge in [-0.3, -0.25) is 9.89 Å². The van der Waals surface area contributed by atoms with Crippen LogP contribution in [-0.4, -0.2) is 44.1 Å². The van der Waals surface area contributed by atoms with Crippen molar-refractivity contribution in [2.24, 2.45) is 4.99 Å². The molecule has 0 bridgehead atoms. The summed E-state index contributed by atoms with van der Waals surface area (Å²) in [6, 6.07) is 4.21. The average Bonchev–Trinajstić information content (AvgIpc) is 3.06. The molecule has 1 atom stereocenters. The van der Waals surface area contributed by atoms with Gasteiger partial charge in [-0.15, -0.1) is 6.42 Å². The first kappa shape index (κ1) is 15.5. The van der Waals surface area contributed by atoms with Crippen molar-refractivity contribution in [3.05, 3.63) is 24.2 Å². The molecule has 2 N–H and O–H groups in total. The molecule has 1 aliphatic heterocycles. The highest BCUT2D eigenvalue weighted by molar-refractivity contribution is 5.79. The zero-order valence-corrected chi connectivity index (χ0v) is 12.6. The second-order valence-corrected chi connectivity index (χ2v) is 5.14. The van der Waals surface area contributed by atoms with Crippen molar-refractivity contribution >= 4 is 5.96 Å². The molecule has 0 aromatic carbocycles. The molecule has 0 radical (unpaired) electrons. The van der Waals surface area contributed by atoms with E-state index in [9.17, 15) is 0 Å². The molecule has 1 saturated heterocycles. The molecule has 5 heteroatoms. The predicted molar refractivity (Wildman–Crippen MR) is 85.1 cm³/mol. The highest BCUT2D eigenvalue weighted by atomic mass is 16.3. The number of terminal acetylenes is 1. The number of rotatable bonds is 5. The number of nitrogens with zero attached hydrogens (tertiary/aromatic N) is 2. The quantitative estimate of drug-likeness (QED) is 0.491. The summed E-state index contributed by atoms with van der Waals surface area (Å²) in [6.45, 7) is 3.44. The molecular formula is C16H24N4O. The van der Waals surface area contributed by atoms with Crippen molar-refractivity contribution in [1.29, 1.82) is 0 Å². The van der Waals surface area contributed by atoms with Gasteiger partial charge in [0.15, 0.2) is 5.96 Å². The fraction of sp³-hybridized carbons (Fsp3) is 0.562. The SMILES string of the molecule is C#CCNC(=NC)NCC(c1ccco1)N1CCCCC1. The molecule has 1 aromatic rings. The van der Waals surface area contributed by atoms with Crippen LogP contribution >= 0.6 is 0 Å². The van der Waals surface area contributed by atoms with E-state index in [1.54, 1.807) is 13.3 Å². The van der Waals surface area contributed by atoms with Crippen LogP contribution in [0.5, 0.6) is 0 Å². The normalized spacial score (nSPS) is 18.0. The third-order valence-corrected chi connectivity index (χ3v) is 3.75. The minimum atomic E-state index is 0.227. The number of aliphatic imine (C=N–C) groups is 1. The van der Waals surface area contributed by atoms with E-state index in [1.807, 2.05) is 12.1 Å². The van der Waals surface area contributed by atoms with E-state index in [0.29, 0.717) is 6.54 Å². The van der Waals surface area contributed by atoms with E-state index in [0.717, 1.165) is 31.4 Å². The summed E-state index contributed by atoms with van der Waals surface area (Å²) in [6.07, 6.45) is 10.8. The van der Waals surface area contributed by atoms with Crippen molar-refractivity contribution in [2.75, 3.05) is 33.2 Å². The number of likely N-dealkylation sites (tertiary alicyclic amines) is 1. The van der Waals surface area contributed by atoms with E-state index in [1.165, 1.54) is 19.3 Å². The average molecular weight is 288 g/mol. The molecule has 1 aliphatic rings. The smallest absolute Gasteiger partial charge is 0.191 e. The first-order chi connectivity index (χ1) is 10.3. The van der Waals surface area contributed by atoms with Gasteiger partial charge >= 0.3 is 0 Å². The molecule has 1 unspecified atom stereocenters. The molecule has 114 valence electrons. The van der Waals surface area contributed by atoms with Gasteiger partial charge in [-0.2, -0.15) is 0 Å². The molecule has 5 nitrogen and oxygen atoms in total. The number of furan rings is 1. The van der Waals surface area contributed by atoms with Gasteiger partial charge < -0.3 is 15.1 Å². The highest BCUT2D eigenvalue weighted by Gasteiger charge is 2.24. The van der Waals surface area contributed by atoms with Crippen molar-refractivity contribution in [1.82, 2.24) is 15.5 Å². The van der Waals surface area contributed by atoms with Gasteiger partial charge in [0.1, 0.15) is 5.76 Å². The van der Waals surface area contributed by atoms with Crippen molar-refractivity contribution < 1.29 is 4.42 Å². The molecule has 2 rings (SSSR count). The lowest BCUT2D eigenvalue weighted by Gasteiger charge is -2.33. The number of hydrogen-bond donors (Lipinski definition) is 2. The van der Waals surface area contributed by atoms with Gasteiger partial charge in [0.05, 0.1) is 18.8 Å². The van der Waals surface area contributed by atoms with Crippen LogP contribution in [0.4, 0.5) is 0 Å². The maximum atomic E-state index is 5.62. The van der Waals surface area contributed by atoms with E-state index in [2.05, 4.69) is 26.4 Å². The Labute approximate surface area is 126 Å². The Bertz CT molecular complexity index is 469. The van der Waals surface area contributed by atoms with Crippen LogP contribution in [-0.2, 0) is 0 Å². The summed E-state index contributed by atoms with van der Waals surface area (Å²) in [4.78, 5) is 6.65. The van der Waals surface area contributed by atoms with Crippen LogP contribution in [0.15, 0.2) is 27.8 Å². The largest absolute Gasteiger partial charge is 0.468 e. The van der Waals surface area contributed by atoms with E-state index < -0.39 is 0 Å². The number of nitrogens with one attached hydrogen (secondary N) is 2. The van der Waals surface area contributed by atoms with Gasteiger partial charge in [-0.05, 0) is 38.1 Å². The van der Waals surface area contributed by atoms with Crippen molar-refractivity contribution in [3.63, 3.8) is 0 Å². The minimum Gasteiger partial charge on any atom is -0.468 e. The Kier molecular flexibility index (Phi) is 6.17. The second kappa shape index (κ2) is 8.38. The minimum absolute atomic E-state index is 0.227. The monoisotopic (exact) mass is 288 g/mol. The molecule has 0 aliphatic carbocycles. The number of hydrogen-bond acceptors (Lipinski definition) is 3. The Balaban J connectivity index is 1.97. The Morgan fingerprint density at radius 1 is 1.43 bits per heavy atom. The fourth-order valence-corrected chi connectivity index (χ4v) is 2.67. The summed E-state index contributed by atoms with van der Waals surface area (Å²) in [5.41, 5.74) is 0. The van der Waals surface area contributed by atoms with E-state index >= 15 is 0 Å². The zero-order valence-electron chi connectivity index (χ0n) is 12.6. The summed E-state index contributed by atoms with van der Waals surface area (Å²) in [7, 11) is 1.74. The molecule has 21 heavy (non-hydrogen) atoms. The Hall–Kier alpha value is -1.93. The lowest BCUT2D eigenvalue weighted by molar-refractivity contribution is 0.146. The third kappa shape index (κ3) is 4.54. The van der Waals surface area contributed by atoms with Crippen LogP contribution in [0.1, 0.15) is 31.1 Å². The second-order valence-electron chi connectivity index (χ2n) is 5.14. The van der Waals surface area contributed by atoms with Crippen LogP contribution in [0, 0.1) is 12.3 Å². The fourth-order valence-electron chi connectivity index (χ4n) is 2.67. The first-order valence-electron chi connectivity index (χ1n) is 7.50. The molecule has 0 amide bonds. The molecule has 1 aromatic heterocycles. The molecule has 0 spiro atoms. The number of guanidine groups is 1. The molecular weight excluding hydrogens is 264 g/mol. The van der Waals surface area contributed by atoms with Crippen LogP contribution in [0.25, 0.3) is 0 Å². The maximum Gasteiger partial charge on any atom is 0.191 e. The summed E-state index contributed by atoms with van der Waals surface area (Å²) >= 11 is 0. The van der Waals surface area contributed by atoms with Gasteiger partial charge in [0, 0.05) is 13.6 Å². The lowest BCUT2D eigenvalue weighted by atomic mass is 10.1. The van der Waals surface area contributed by atoms with Crippen LogP contribution < -0.4 is 10.6 Å².